The second-order valence-corrected chi connectivity index (χ2v) is 5.68. The minimum absolute atomic E-state index is 0.0264. The SMILES string of the molecule is COC(=O)C1=CN(C(C)C)C=C(C(=O)OC)C1c1ccc(F)cc1. The molecular weight excluding hydrogens is 313 g/mol. The van der Waals surface area contributed by atoms with E-state index in [1.54, 1.807) is 29.4 Å². The van der Waals surface area contributed by atoms with Crippen molar-refractivity contribution in [3.05, 3.63) is 59.2 Å². The molecule has 1 heterocycles. The van der Waals surface area contributed by atoms with Crippen molar-refractivity contribution >= 4 is 11.9 Å². The molecule has 128 valence electrons. The van der Waals surface area contributed by atoms with E-state index in [9.17, 15) is 14.0 Å². The number of nitrogens with zero attached hydrogens (tertiary/aromatic N) is 1. The summed E-state index contributed by atoms with van der Waals surface area (Å²) < 4.78 is 23.0. The van der Waals surface area contributed by atoms with Crippen LogP contribution in [0.2, 0.25) is 0 Å². The van der Waals surface area contributed by atoms with Crippen LogP contribution in [-0.4, -0.2) is 37.1 Å². The van der Waals surface area contributed by atoms with Gasteiger partial charge in [0.15, 0.2) is 0 Å². The molecule has 0 bridgehead atoms. The van der Waals surface area contributed by atoms with Gasteiger partial charge >= 0.3 is 11.9 Å². The van der Waals surface area contributed by atoms with Gasteiger partial charge in [-0.05, 0) is 31.5 Å². The molecule has 0 aromatic heterocycles. The highest BCUT2D eigenvalue weighted by Gasteiger charge is 2.35. The third-order valence-corrected chi connectivity index (χ3v) is 3.84. The molecule has 0 amide bonds. The smallest absolute Gasteiger partial charge is 0.336 e. The minimum atomic E-state index is -0.680. The fraction of sp³-hybridized carbons (Fsp3) is 0.333. The van der Waals surface area contributed by atoms with Crippen LogP contribution < -0.4 is 0 Å². The molecule has 24 heavy (non-hydrogen) atoms. The third kappa shape index (κ3) is 3.48. The first-order chi connectivity index (χ1) is 11.4. The van der Waals surface area contributed by atoms with Crippen molar-refractivity contribution in [3.8, 4) is 0 Å². The number of ether oxygens (including phenoxy) is 2. The zero-order valence-corrected chi connectivity index (χ0v) is 14.1. The number of esters is 2. The molecule has 0 aliphatic carbocycles. The maximum Gasteiger partial charge on any atom is 0.336 e. The van der Waals surface area contributed by atoms with Crippen molar-refractivity contribution in [2.24, 2.45) is 0 Å². The molecule has 0 N–H and O–H groups in total. The first-order valence-electron chi connectivity index (χ1n) is 7.52. The molecule has 5 nitrogen and oxygen atoms in total. The normalized spacial score (nSPS) is 15.0. The van der Waals surface area contributed by atoms with Crippen LogP contribution in [0.4, 0.5) is 4.39 Å². The largest absolute Gasteiger partial charge is 0.466 e. The Morgan fingerprint density at radius 2 is 1.46 bits per heavy atom. The average Bonchev–Trinajstić information content (AvgIpc) is 2.59. The van der Waals surface area contributed by atoms with Crippen LogP contribution in [0.25, 0.3) is 0 Å². The number of hydrogen-bond acceptors (Lipinski definition) is 5. The Balaban J connectivity index is 2.60. The Morgan fingerprint density at radius 1 is 1.00 bits per heavy atom. The molecule has 0 saturated carbocycles. The summed E-state index contributed by atoms with van der Waals surface area (Å²) in [6.07, 6.45) is 3.30. The predicted molar refractivity (Wildman–Crippen MR) is 86.3 cm³/mol. The fourth-order valence-electron chi connectivity index (χ4n) is 2.56. The lowest BCUT2D eigenvalue weighted by molar-refractivity contribution is -0.137. The van der Waals surface area contributed by atoms with Crippen molar-refractivity contribution in [1.82, 2.24) is 4.90 Å². The number of carbonyl (C=O) groups excluding carboxylic acids is 2. The average molecular weight is 333 g/mol. The maximum absolute atomic E-state index is 13.2. The molecule has 0 unspecified atom stereocenters. The monoisotopic (exact) mass is 333 g/mol. The number of methoxy groups -OCH3 is 2. The van der Waals surface area contributed by atoms with Gasteiger partial charge < -0.3 is 14.4 Å². The van der Waals surface area contributed by atoms with E-state index in [1.807, 2.05) is 13.8 Å². The molecule has 1 aliphatic rings. The molecule has 1 aliphatic heterocycles. The third-order valence-electron chi connectivity index (χ3n) is 3.84. The van der Waals surface area contributed by atoms with Gasteiger partial charge in [0.05, 0.1) is 31.3 Å². The Labute approximate surface area is 140 Å². The summed E-state index contributed by atoms with van der Waals surface area (Å²) in [5.41, 5.74) is 1.19. The van der Waals surface area contributed by atoms with Crippen LogP contribution in [0.1, 0.15) is 25.3 Å². The Morgan fingerprint density at radius 3 is 1.83 bits per heavy atom. The van der Waals surface area contributed by atoms with Crippen molar-refractivity contribution < 1.29 is 23.5 Å². The van der Waals surface area contributed by atoms with Crippen LogP contribution in [0.5, 0.6) is 0 Å². The van der Waals surface area contributed by atoms with Crippen molar-refractivity contribution in [1.29, 1.82) is 0 Å². The molecule has 6 heteroatoms. The Bertz CT molecular complexity index is 657. The van der Waals surface area contributed by atoms with Gasteiger partial charge in [0.1, 0.15) is 5.82 Å². The summed E-state index contributed by atoms with van der Waals surface area (Å²) in [6, 6.07) is 5.68. The second kappa shape index (κ2) is 7.29. The first-order valence-corrected chi connectivity index (χ1v) is 7.52. The van der Waals surface area contributed by atoms with Gasteiger partial charge in [-0.25, -0.2) is 14.0 Å². The van der Waals surface area contributed by atoms with Crippen molar-refractivity contribution in [2.75, 3.05) is 14.2 Å². The van der Waals surface area contributed by atoms with Crippen LogP contribution in [-0.2, 0) is 19.1 Å². The van der Waals surface area contributed by atoms with E-state index in [2.05, 4.69) is 0 Å². The van der Waals surface area contributed by atoms with E-state index < -0.39 is 23.7 Å². The summed E-state index contributed by atoms with van der Waals surface area (Å²) in [7, 11) is 2.56. The fourth-order valence-corrected chi connectivity index (χ4v) is 2.56. The lowest BCUT2D eigenvalue weighted by Gasteiger charge is -2.32. The quantitative estimate of drug-likeness (QED) is 0.793. The van der Waals surface area contributed by atoms with Gasteiger partial charge in [-0.2, -0.15) is 0 Å². The molecule has 0 saturated heterocycles. The standard InChI is InChI=1S/C18H20FNO4/c1-11(2)20-9-14(17(21)23-3)16(15(10-20)18(22)24-4)12-5-7-13(19)8-6-12/h5-11,16H,1-4H3. The summed E-state index contributed by atoms with van der Waals surface area (Å²) in [4.78, 5) is 26.3. The zero-order valence-electron chi connectivity index (χ0n) is 14.1. The number of benzene rings is 1. The van der Waals surface area contributed by atoms with Gasteiger partial charge in [-0.3, -0.25) is 0 Å². The van der Waals surface area contributed by atoms with Gasteiger partial charge in [-0.1, -0.05) is 12.1 Å². The molecule has 0 radical (unpaired) electrons. The molecule has 0 spiro atoms. The molecule has 1 aromatic rings. The van der Waals surface area contributed by atoms with Gasteiger partial charge in [0.25, 0.3) is 0 Å². The molecule has 0 atom stereocenters. The highest BCUT2D eigenvalue weighted by atomic mass is 19.1. The summed E-state index contributed by atoms with van der Waals surface area (Å²) in [5.74, 6) is -2.18. The summed E-state index contributed by atoms with van der Waals surface area (Å²) in [5, 5.41) is 0. The van der Waals surface area contributed by atoms with Crippen molar-refractivity contribution in [2.45, 2.75) is 25.8 Å². The predicted octanol–water partition coefficient (Wildman–Crippen LogP) is 2.75. The highest BCUT2D eigenvalue weighted by Crippen LogP contribution is 2.37. The van der Waals surface area contributed by atoms with Crippen LogP contribution in [0, 0.1) is 5.82 Å². The summed E-state index contributed by atoms with van der Waals surface area (Å²) in [6.45, 7) is 3.85. The van der Waals surface area contributed by atoms with E-state index in [1.165, 1.54) is 26.4 Å². The van der Waals surface area contributed by atoms with Crippen LogP contribution >= 0.6 is 0 Å². The van der Waals surface area contributed by atoms with E-state index >= 15 is 0 Å². The van der Waals surface area contributed by atoms with Crippen LogP contribution in [0.15, 0.2) is 47.8 Å². The van der Waals surface area contributed by atoms with E-state index in [-0.39, 0.29) is 6.04 Å². The van der Waals surface area contributed by atoms with Gasteiger partial charge in [-0.15, -0.1) is 0 Å². The van der Waals surface area contributed by atoms with Gasteiger partial charge in [0.2, 0.25) is 0 Å². The Kier molecular flexibility index (Phi) is 5.39. The number of halogens is 1. The highest BCUT2D eigenvalue weighted by molar-refractivity contribution is 5.98. The molecular formula is C18H20FNO4. The Hall–Kier alpha value is -2.63. The van der Waals surface area contributed by atoms with E-state index in [4.69, 9.17) is 9.47 Å². The zero-order chi connectivity index (χ0) is 17.9. The molecule has 1 aromatic carbocycles. The van der Waals surface area contributed by atoms with Crippen LogP contribution in [0.3, 0.4) is 0 Å². The molecule has 2 rings (SSSR count). The van der Waals surface area contributed by atoms with E-state index in [0.717, 1.165) is 0 Å². The van der Waals surface area contributed by atoms with Gasteiger partial charge in [0, 0.05) is 18.4 Å². The number of hydrogen-bond donors (Lipinski definition) is 0. The summed E-state index contributed by atoms with van der Waals surface area (Å²) >= 11 is 0. The molecule has 0 fully saturated rings. The number of rotatable bonds is 4. The minimum Gasteiger partial charge on any atom is -0.466 e. The lowest BCUT2D eigenvalue weighted by Crippen LogP contribution is -2.31. The maximum atomic E-state index is 13.2. The topological polar surface area (TPSA) is 55.8 Å². The van der Waals surface area contributed by atoms with E-state index in [0.29, 0.717) is 16.7 Å². The van der Waals surface area contributed by atoms with Crippen molar-refractivity contribution in [3.63, 3.8) is 0 Å². The first kappa shape index (κ1) is 17.7. The second-order valence-electron chi connectivity index (χ2n) is 5.68. The number of carbonyl (C=O) groups is 2. The lowest BCUT2D eigenvalue weighted by atomic mass is 9.83.